The lowest BCUT2D eigenvalue weighted by molar-refractivity contribution is 0.622. The third kappa shape index (κ3) is 3.04. The molecular weight excluding hydrogens is 288 g/mol. The van der Waals surface area contributed by atoms with E-state index in [-0.39, 0.29) is 0 Å². The number of hydrogen-bond donors (Lipinski definition) is 1. The molecule has 3 nitrogen and oxygen atoms in total. The van der Waals surface area contributed by atoms with E-state index in [2.05, 4.69) is 26.2 Å². The summed E-state index contributed by atoms with van der Waals surface area (Å²) in [6.07, 6.45) is 3.77. The third-order valence-electron chi connectivity index (χ3n) is 2.79. The van der Waals surface area contributed by atoms with E-state index in [0.717, 1.165) is 34.6 Å². The van der Waals surface area contributed by atoms with Crippen LogP contribution in [-0.2, 0) is 10.8 Å². The van der Waals surface area contributed by atoms with E-state index in [9.17, 15) is 4.21 Å². The number of rotatable bonds is 2. The first-order chi connectivity index (χ1) is 7.65. The lowest BCUT2D eigenvalue weighted by Gasteiger charge is -2.23. The van der Waals surface area contributed by atoms with Crippen molar-refractivity contribution >= 4 is 32.5 Å². The molecule has 16 heavy (non-hydrogen) atoms. The van der Waals surface area contributed by atoms with Gasteiger partial charge in [0.05, 0.1) is 0 Å². The minimum absolute atomic E-state index is 0.422. The summed E-state index contributed by atoms with van der Waals surface area (Å²) in [7, 11) is -0.595. The molecule has 1 aliphatic rings. The van der Waals surface area contributed by atoms with Gasteiger partial charge in [-0.15, -0.1) is 0 Å². The summed E-state index contributed by atoms with van der Waals surface area (Å²) in [6.45, 7) is 2.05. The largest absolute Gasteiger partial charge is 0.367 e. The van der Waals surface area contributed by atoms with Crippen molar-refractivity contribution in [2.24, 2.45) is 0 Å². The molecule has 1 saturated heterocycles. The number of nitrogens with one attached hydrogen (secondary N) is 1. The van der Waals surface area contributed by atoms with Crippen molar-refractivity contribution in [1.82, 2.24) is 4.98 Å². The maximum atomic E-state index is 11.2. The Morgan fingerprint density at radius 1 is 1.50 bits per heavy atom. The zero-order valence-corrected chi connectivity index (χ0v) is 11.6. The predicted octanol–water partition coefficient (Wildman–Crippen LogP) is 2.48. The summed E-state index contributed by atoms with van der Waals surface area (Å²) in [5, 5.41) is 3.40. The van der Waals surface area contributed by atoms with Gasteiger partial charge in [0.2, 0.25) is 0 Å². The molecule has 2 heterocycles. The van der Waals surface area contributed by atoms with Crippen molar-refractivity contribution < 1.29 is 4.21 Å². The van der Waals surface area contributed by atoms with Crippen molar-refractivity contribution in [2.45, 2.75) is 25.8 Å². The second-order valence-electron chi connectivity index (χ2n) is 4.09. The van der Waals surface area contributed by atoms with Gasteiger partial charge in [-0.2, -0.15) is 0 Å². The zero-order chi connectivity index (χ0) is 11.5. The maximum absolute atomic E-state index is 11.2. The smallest absolute Gasteiger partial charge is 0.126 e. The molecule has 0 unspecified atom stereocenters. The van der Waals surface area contributed by atoms with Crippen LogP contribution in [0.5, 0.6) is 0 Å². The van der Waals surface area contributed by atoms with Gasteiger partial charge in [-0.3, -0.25) is 4.21 Å². The standard InChI is InChI=1S/C11H15BrN2OS/c1-8-6-11(13-7-10(8)12)14-9-2-4-16(15)5-3-9/h6-7,9H,2-5H2,1H3,(H,13,14). The van der Waals surface area contributed by atoms with Crippen LogP contribution in [0.15, 0.2) is 16.7 Å². The lowest BCUT2D eigenvalue weighted by Crippen LogP contribution is -2.29. The molecule has 1 aromatic rings. The normalized spacial score (nSPS) is 25.4. The van der Waals surface area contributed by atoms with Crippen molar-refractivity contribution in [3.63, 3.8) is 0 Å². The number of hydrogen-bond acceptors (Lipinski definition) is 3. The minimum atomic E-state index is -0.595. The fourth-order valence-corrected chi connectivity index (χ4v) is 3.28. The summed E-state index contributed by atoms with van der Waals surface area (Å²) in [5.74, 6) is 2.54. The molecule has 2 rings (SSSR count). The zero-order valence-electron chi connectivity index (χ0n) is 9.20. The molecule has 0 spiro atoms. The molecule has 0 saturated carbocycles. The van der Waals surface area contributed by atoms with E-state index in [4.69, 9.17) is 0 Å². The minimum Gasteiger partial charge on any atom is -0.367 e. The van der Waals surface area contributed by atoms with Crippen molar-refractivity contribution in [3.05, 3.63) is 22.3 Å². The average molecular weight is 303 g/mol. The number of anilines is 1. The Bertz CT molecular complexity index is 401. The van der Waals surface area contributed by atoms with Crippen LogP contribution in [0.25, 0.3) is 0 Å². The monoisotopic (exact) mass is 302 g/mol. The number of aromatic nitrogens is 1. The highest BCUT2D eigenvalue weighted by Gasteiger charge is 2.17. The first-order valence-corrected chi connectivity index (χ1v) is 7.67. The van der Waals surface area contributed by atoms with Crippen LogP contribution in [0.1, 0.15) is 18.4 Å². The van der Waals surface area contributed by atoms with Gasteiger partial charge in [0, 0.05) is 39.0 Å². The van der Waals surface area contributed by atoms with Crippen LogP contribution < -0.4 is 5.32 Å². The highest BCUT2D eigenvalue weighted by molar-refractivity contribution is 9.10. The van der Waals surface area contributed by atoms with Crippen LogP contribution in [-0.4, -0.2) is 26.7 Å². The Morgan fingerprint density at radius 2 is 2.19 bits per heavy atom. The van der Waals surface area contributed by atoms with Gasteiger partial charge in [0.15, 0.2) is 0 Å². The summed E-state index contributed by atoms with van der Waals surface area (Å²) in [6, 6.07) is 2.46. The van der Waals surface area contributed by atoms with Gasteiger partial charge in [-0.05, 0) is 47.3 Å². The van der Waals surface area contributed by atoms with E-state index in [0.29, 0.717) is 6.04 Å². The Kier molecular flexibility index (Phi) is 3.97. The van der Waals surface area contributed by atoms with Crippen molar-refractivity contribution in [2.75, 3.05) is 16.8 Å². The van der Waals surface area contributed by atoms with E-state index in [1.54, 1.807) is 0 Å². The molecule has 0 aromatic carbocycles. The second kappa shape index (κ2) is 5.27. The molecule has 0 bridgehead atoms. The maximum Gasteiger partial charge on any atom is 0.126 e. The fourth-order valence-electron chi connectivity index (χ4n) is 1.77. The topological polar surface area (TPSA) is 42.0 Å². The van der Waals surface area contributed by atoms with Crippen LogP contribution in [0.2, 0.25) is 0 Å². The first kappa shape index (κ1) is 12.0. The van der Waals surface area contributed by atoms with Crippen LogP contribution in [0, 0.1) is 6.92 Å². The summed E-state index contributed by atoms with van der Waals surface area (Å²) in [5.41, 5.74) is 1.18. The summed E-state index contributed by atoms with van der Waals surface area (Å²) >= 11 is 3.43. The first-order valence-electron chi connectivity index (χ1n) is 5.39. The molecule has 5 heteroatoms. The van der Waals surface area contributed by atoms with Crippen LogP contribution in [0.4, 0.5) is 5.82 Å². The molecule has 0 atom stereocenters. The molecule has 1 N–H and O–H groups in total. The number of pyridine rings is 1. The molecule has 88 valence electrons. The third-order valence-corrected chi connectivity index (χ3v) is 5.00. The lowest BCUT2D eigenvalue weighted by atomic mass is 10.1. The van der Waals surface area contributed by atoms with Crippen molar-refractivity contribution in [3.8, 4) is 0 Å². The average Bonchev–Trinajstić information content (AvgIpc) is 2.27. The highest BCUT2D eigenvalue weighted by Crippen LogP contribution is 2.19. The van der Waals surface area contributed by atoms with Crippen LogP contribution >= 0.6 is 15.9 Å². The van der Waals surface area contributed by atoms with Gasteiger partial charge in [-0.25, -0.2) is 4.98 Å². The molecule has 0 amide bonds. The van der Waals surface area contributed by atoms with Gasteiger partial charge in [-0.1, -0.05) is 0 Å². The Morgan fingerprint density at radius 3 is 2.81 bits per heavy atom. The summed E-state index contributed by atoms with van der Waals surface area (Å²) < 4.78 is 12.3. The number of aryl methyl sites for hydroxylation is 1. The van der Waals surface area contributed by atoms with Crippen molar-refractivity contribution in [1.29, 1.82) is 0 Å². The van der Waals surface area contributed by atoms with E-state index in [1.807, 2.05) is 19.2 Å². The second-order valence-corrected chi connectivity index (χ2v) is 6.64. The molecule has 0 aliphatic carbocycles. The van der Waals surface area contributed by atoms with E-state index in [1.165, 1.54) is 5.56 Å². The molecule has 1 aliphatic heterocycles. The van der Waals surface area contributed by atoms with Gasteiger partial charge >= 0.3 is 0 Å². The van der Waals surface area contributed by atoms with E-state index >= 15 is 0 Å². The SMILES string of the molecule is Cc1cc(NC2CCS(=O)CC2)ncc1Br. The van der Waals surface area contributed by atoms with Gasteiger partial charge in [0.25, 0.3) is 0 Å². The van der Waals surface area contributed by atoms with E-state index < -0.39 is 10.8 Å². The Hall–Kier alpha value is -0.420. The van der Waals surface area contributed by atoms with Gasteiger partial charge < -0.3 is 5.32 Å². The fraction of sp³-hybridized carbons (Fsp3) is 0.545. The highest BCUT2D eigenvalue weighted by atomic mass is 79.9. The summed E-state index contributed by atoms with van der Waals surface area (Å²) in [4.78, 5) is 4.32. The number of nitrogens with zero attached hydrogens (tertiary/aromatic N) is 1. The quantitative estimate of drug-likeness (QED) is 0.912. The Balaban J connectivity index is 1.98. The Labute approximate surface area is 107 Å². The predicted molar refractivity (Wildman–Crippen MR) is 71.2 cm³/mol. The molecule has 1 fully saturated rings. The molecule has 0 radical (unpaired) electrons. The molecular formula is C11H15BrN2OS. The van der Waals surface area contributed by atoms with Crippen LogP contribution in [0.3, 0.4) is 0 Å². The molecule has 1 aromatic heterocycles. The van der Waals surface area contributed by atoms with Gasteiger partial charge in [0.1, 0.15) is 5.82 Å². The number of halogens is 1.